The molecule has 3 radical (unpaired) electrons. The molecule has 0 rings (SSSR count). The normalized spacial score (nSPS) is 0. The van der Waals surface area contributed by atoms with Gasteiger partial charge in [-0.2, -0.15) is 0 Å². The van der Waals surface area contributed by atoms with Crippen molar-refractivity contribution in [1.29, 1.82) is 0 Å². The van der Waals surface area contributed by atoms with Crippen LogP contribution in [0.1, 0.15) is 0 Å². The molecule has 0 heterocycles. The predicted octanol–water partition coefficient (Wildman–Crippen LogP) is 2.60. The summed E-state index contributed by atoms with van der Waals surface area (Å²) in [5.41, 5.74) is 0. The molecule has 0 saturated carbocycles. The summed E-state index contributed by atoms with van der Waals surface area (Å²) in [5, 5.41) is 0. The Hall–Kier alpha value is 100.0. The molecule has 0 aromatic carbocycles. The first-order valence-corrected chi connectivity index (χ1v) is 0. The van der Waals surface area contributed by atoms with E-state index in [1.807, 2.05) is 0 Å². The third kappa shape index (κ3) is 768. The molecule has 100 heteroatoms. The van der Waals surface area contributed by atoms with Crippen molar-refractivity contribution >= 4 is 0 Å². The van der Waals surface area contributed by atoms with E-state index in [4.69, 9.17) is 0 Å². The third-order valence-electron chi connectivity index (χ3n) is 0. The van der Waals surface area contributed by atoms with Crippen LogP contribution in [0, 0.1) is 3020 Å². The van der Waals surface area contributed by atoms with E-state index >= 15 is 0 Å². The summed E-state index contributed by atoms with van der Waals surface area (Å²) in [6.45, 7) is 0. The fourth-order valence-electron chi connectivity index (χ4n) is 0. The fraction of sp³-hybridized carbons (Fsp3) is 0. The van der Waals surface area contributed by atoms with Gasteiger partial charge < -0.3 is 117 Å². The molecule has 0 aliphatic heterocycles. The second-order valence-corrected chi connectivity index (χ2v) is 0. The second kappa shape index (κ2) is 780. The predicted molar refractivity (Wildman–Crippen MR) is 97.6 cm³/mol. The van der Waals surface area contributed by atoms with Crippen LogP contribution in [-0.2, 0) is 0 Å². The summed E-state index contributed by atoms with van der Waals surface area (Å²) in [5.74, 6) is 0. The summed E-state index contributed by atoms with van der Waals surface area (Å²) in [7, 11) is 0. The van der Waals surface area contributed by atoms with Crippen molar-refractivity contribution in [3.8, 4) is 0 Å². The maximum Gasteiger partial charge on any atom is 0 e. The zero-order valence-electron chi connectivity index (χ0n) is 42.2. The van der Waals surface area contributed by atoms with Crippen LogP contribution in [0.4, 0.5) is 0 Å². The van der Waals surface area contributed by atoms with Crippen molar-refractivity contribution in [3.63, 3.8) is 0 Å². The average molecular weight is 3530 g/mol. The Morgan fingerprint density at radius 1 is 0.0300 bits per heavy atom. The molecule has 0 aromatic heterocycles. The summed E-state index contributed by atoms with van der Waals surface area (Å²) in [6.07, 6.45) is 0. The molecule has 57 N–H and O–H groups in total. The van der Waals surface area contributed by atoms with E-state index in [1.165, 1.54) is 0 Å². The van der Waals surface area contributed by atoms with Gasteiger partial charge >= 0.3 is 0 Å². The smallest absolute Gasteiger partial charge is 0 e. The monoisotopic (exact) mass is 3530 g/mol. The third-order valence-corrected chi connectivity index (χ3v) is 0. The summed E-state index contributed by atoms with van der Waals surface area (Å²) in [6, 6.07) is 0. The molecular formula is H57Ar80N20. The largest absolute Gasteiger partial charge is 0.344 e. The molecule has 0 aliphatic rings. The fourth-order valence-corrected chi connectivity index (χ4v) is 0. The van der Waals surface area contributed by atoms with E-state index < -0.39 is 0 Å². The maximum absolute atomic E-state index is 0. The minimum Gasteiger partial charge on any atom is -0.344 e. The first-order chi connectivity index (χ1) is 0. The molecule has 0 unspecified atom stereocenters. The van der Waals surface area contributed by atoms with E-state index in [9.17, 15) is 0 Å². The molecule has 0 atom stereocenters. The van der Waals surface area contributed by atoms with Crippen molar-refractivity contribution in [3.05, 3.63) is 0 Å². The minimum absolute atomic E-state index is 0. The summed E-state index contributed by atoms with van der Waals surface area (Å²) >= 11 is 0. The number of hydrogen-bond donors (Lipinski definition) is 19. The van der Waals surface area contributed by atoms with Crippen molar-refractivity contribution in [1.82, 2.24) is 123 Å². The Kier molecular flexibility index (Phi) is 6180. The molecule has 100 heavy (non-hydrogen) atoms. The zero-order chi connectivity index (χ0) is 0. The van der Waals surface area contributed by atoms with Gasteiger partial charge in [0.15, 0.2) is 0 Å². The average Bonchev–Trinajstić information content (AvgIpc) is 0. The standard InChI is InChI=1S/80Ar.19H3N.N/h;;;;;;;;;;;;;;;;;;;;;;;;;;;;;;;;;;;;;;;;;;;;;;;;;;;;;;;;;;;;;;;;;;;;;;;;;;;;;;;;19*1H3;. The van der Waals surface area contributed by atoms with Crippen LogP contribution in [0.5, 0.6) is 0 Å². The quantitative estimate of drug-likeness (QED) is 0.166. The molecule has 0 aliphatic carbocycles. The van der Waals surface area contributed by atoms with E-state index in [-0.39, 0.29) is 3140 Å². The van der Waals surface area contributed by atoms with Crippen molar-refractivity contribution in [2.24, 2.45) is 0 Å². The number of rotatable bonds is 0. The Labute approximate surface area is 3010 Å². The maximum atomic E-state index is 0. The van der Waals surface area contributed by atoms with Crippen LogP contribution in [0.3, 0.4) is 0 Å². The molecule has 20 nitrogen and oxygen atoms in total. The van der Waals surface area contributed by atoms with E-state index in [1.54, 1.807) is 0 Å². The van der Waals surface area contributed by atoms with Gasteiger partial charge in [-0.1, -0.05) is 0 Å². The first kappa shape index (κ1) is 792. The van der Waals surface area contributed by atoms with Crippen LogP contribution < -0.4 is 123 Å². The molecular weight excluding hydrogens is 3480 g/mol. The van der Waals surface area contributed by atoms with Crippen LogP contribution >= 0.6 is 0 Å². The first-order valence-electron chi connectivity index (χ1n) is 0. The zero-order valence-corrected chi connectivity index (χ0v) is 98.7. The van der Waals surface area contributed by atoms with Gasteiger partial charge in [-0.15, -0.1) is 0 Å². The van der Waals surface area contributed by atoms with Gasteiger partial charge in [0.05, 0.1) is 0 Å². The Morgan fingerprint density at radius 3 is 0.0300 bits per heavy atom. The van der Waals surface area contributed by atoms with Crippen LogP contribution in [-0.4, -0.2) is 0 Å². The summed E-state index contributed by atoms with van der Waals surface area (Å²) in [4.78, 5) is 0. The second-order valence-electron chi connectivity index (χ2n) is 0. The topological polar surface area (TPSA) is 696 Å². The number of nitrogens with zero attached hydrogens (tertiary/aromatic N) is 1. The van der Waals surface area contributed by atoms with Gasteiger partial charge in [-0.25, -0.2) is 0 Å². The Bertz CT molecular complexity index is 72.2. The molecule has 0 bridgehead atoms. The molecule has 797 valence electrons. The van der Waals surface area contributed by atoms with Crippen molar-refractivity contribution < 1.29 is 3020 Å². The van der Waals surface area contributed by atoms with Crippen LogP contribution in [0.15, 0.2) is 0 Å². The van der Waals surface area contributed by atoms with Gasteiger partial charge in [0.1, 0.15) is 0 Å². The van der Waals surface area contributed by atoms with E-state index in [0.29, 0.717) is 0 Å². The van der Waals surface area contributed by atoms with Gasteiger partial charge in [0.2, 0.25) is 0 Å². The summed E-state index contributed by atoms with van der Waals surface area (Å²) < 4.78 is 0. The van der Waals surface area contributed by atoms with Gasteiger partial charge in [0.25, 0.3) is 0 Å². The van der Waals surface area contributed by atoms with Crippen LogP contribution in [0.2, 0.25) is 0 Å². The van der Waals surface area contributed by atoms with Crippen LogP contribution in [0.25, 0.3) is 0 Å². The SMILES string of the molecule is N.N.N.N.N.N.N.N.N.N.N.N.N.N.N.N.N.N.N.[Ar].[Ar].[Ar].[Ar].[Ar].[Ar].[Ar].[Ar].[Ar].[Ar].[Ar].[Ar].[Ar].[Ar].[Ar].[Ar].[Ar].[Ar].[Ar].[Ar].[Ar].[Ar].[Ar].[Ar].[Ar].[Ar].[Ar].[Ar].[Ar].[Ar].[Ar].[Ar].[Ar].[Ar].[Ar].[Ar].[Ar].[Ar].[Ar].[Ar].[Ar].[Ar].[Ar].[Ar].[Ar].[Ar].[Ar].[Ar].[Ar].[Ar].[Ar].[Ar].[Ar].[Ar].[Ar].[Ar].[Ar].[Ar].[Ar].[Ar].[Ar].[Ar].[Ar].[Ar].[Ar].[Ar].[Ar].[Ar].[Ar].[Ar].[Ar].[Ar].[Ar].[Ar].[Ar].[Ar].[Ar].[Ar].[Ar].[Ar].[N]. The molecule has 0 fully saturated rings. The van der Waals surface area contributed by atoms with E-state index in [0.717, 1.165) is 0 Å². The van der Waals surface area contributed by atoms with Gasteiger partial charge in [0, 0.05) is 3030 Å². The Morgan fingerprint density at radius 2 is 0.0300 bits per heavy atom. The number of hydrogen-bond acceptors (Lipinski definition) is 19. The van der Waals surface area contributed by atoms with Gasteiger partial charge in [-0.3, -0.25) is 0 Å². The molecule has 0 aromatic rings. The molecule has 0 saturated heterocycles. The minimum atomic E-state index is 0. The molecule has 0 spiro atoms. The molecule has 0 amide bonds. The Balaban J connectivity index is 0. The van der Waals surface area contributed by atoms with Crippen molar-refractivity contribution in [2.45, 2.75) is 0 Å². The van der Waals surface area contributed by atoms with Crippen molar-refractivity contribution in [2.75, 3.05) is 0 Å². The van der Waals surface area contributed by atoms with Gasteiger partial charge in [-0.05, 0) is 0 Å². The van der Waals surface area contributed by atoms with E-state index in [2.05, 4.69) is 0 Å².